The average Bonchev–Trinajstić information content (AvgIpc) is 2.41. The zero-order valence-corrected chi connectivity index (χ0v) is 13.9. The summed E-state index contributed by atoms with van der Waals surface area (Å²) in [5.74, 6) is 0. The first-order valence-electron chi connectivity index (χ1n) is 6.13. The second-order valence-electron chi connectivity index (χ2n) is 4.69. The van der Waals surface area contributed by atoms with Crippen molar-refractivity contribution in [1.29, 1.82) is 0 Å². The van der Waals surface area contributed by atoms with Gasteiger partial charge in [0.25, 0.3) is 0 Å². The molecule has 2 rings (SSSR count). The van der Waals surface area contributed by atoms with Crippen LogP contribution < -0.4 is 0 Å². The van der Waals surface area contributed by atoms with Gasteiger partial charge in [0, 0.05) is 19.8 Å². The van der Waals surface area contributed by atoms with Crippen molar-refractivity contribution in [3.05, 3.63) is 57.8 Å². The van der Waals surface area contributed by atoms with E-state index in [1.165, 1.54) is 23.6 Å². The smallest absolute Gasteiger partial charge is 0.242 e. The zero-order valence-electron chi connectivity index (χ0n) is 11.5. The molecule has 0 atom stereocenters. The van der Waals surface area contributed by atoms with Gasteiger partial charge < -0.3 is 0 Å². The van der Waals surface area contributed by atoms with Crippen molar-refractivity contribution in [1.82, 2.24) is 9.29 Å². The van der Waals surface area contributed by atoms with Gasteiger partial charge in [-0.15, -0.1) is 0 Å². The maximum absolute atomic E-state index is 12.5. The number of aryl methyl sites for hydroxylation is 1. The van der Waals surface area contributed by atoms with Crippen LogP contribution in [0, 0.1) is 6.92 Å². The number of sulfonamides is 1. The van der Waals surface area contributed by atoms with Crippen LogP contribution in [0.1, 0.15) is 11.1 Å². The normalized spacial score (nSPS) is 11.9. The van der Waals surface area contributed by atoms with E-state index in [1.54, 1.807) is 0 Å². The number of nitrogens with zero attached hydrogens (tertiary/aromatic N) is 2. The maximum Gasteiger partial charge on any atom is 0.244 e. The van der Waals surface area contributed by atoms with Crippen LogP contribution in [0.5, 0.6) is 0 Å². The first-order chi connectivity index (χ1) is 9.80. The summed E-state index contributed by atoms with van der Waals surface area (Å²) in [7, 11) is -2.15. The summed E-state index contributed by atoms with van der Waals surface area (Å²) in [6.45, 7) is 2.23. The Hall–Kier alpha value is -1.14. The molecule has 112 valence electrons. The Bertz CT molecular complexity index is 763. The highest BCUT2D eigenvalue weighted by molar-refractivity contribution is 7.89. The molecule has 21 heavy (non-hydrogen) atoms. The number of hydrogen-bond acceptors (Lipinski definition) is 3. The minimum absolute atomic E-state index is 0.0204. The molecule has 0 N–H and O–H groups in total. The summed E-state index contributed by atoms with van der Waals surface area (Å²) in [5, 5.41) is 0.193. The molecule has 1 heterocycles. The molecule has 4 nitrogen and oxygen atoms in total. The second kappa shape index (κ2) is 6.32. The fourth-order valence-corrected chi connectivity index (χ4v) is 3.34. The van der Waals surface area contributed by atoms with Crippen LogP contribution in [0.25, 0.3) is 0 Å². The molecule has 0 bridgehead atoms. The van der Waals surface area contributed by atoms with E-state index in [4.69, 9.17) is 23.2 Å². The van der Waals surface area contributed by atoms with Crippen LogP contribution in [0.2, 0.25) is 10.2 Å². The third-order valence-corrected chi connectivity index (χ3v) is 5.42. The van der Waals surface area contributed by atoms with Gasteiger partial charge in [-0.05, 0) is 18.6 Å². The molecule has 2 aromatic rings. The lowest BCUT2D eigenvalue weighted by Gasteiger charge is -2.17. The average molecular weight is 345 g/mol. The summed E-state index contributed by atoms with van der Waals surface area (Å²) in [5.41, 5.74) is 1.99. The highest BCUT2D eigenvalue weighted by atomic mass is 35.5. The highest BCUT2D eigenvalue weighted by Crippen LogP contribution is 2.24. The van der Waals surface area contributed by atoms with Gasteiger partial charge in [-0.3, -0.25) is 0 Å². The summed E-state index contributed by atoms with van der Waals surface area (Å²) in [4.78, 5) is 3.80. The predicted octanol–water partition coefficient (Wildman–Crippen LogP) is 3.52. The first kappa shape index (κ1) is 16.2. The topological polar surface area (TPSA) is 50.3 Å². The van der Waals surface area contributed by atoms with E-state index >= 15 is 0 Å². The van der Waals surface area contributed by atoms with Crippen molar-refractivity contribution >= 4 is 33.2 Å². The van der Waals surface area contributed by atoms with Crippen molar-refractivity contribution < 1.29 is 8.42 Å². The van der Waals surface area contributed by atoms with Gasteiger partial charge in [0.1, 0.15) is 10.0 Å². The lowest BCUT2D eigenvalue weighted by atomic mass is 10.1. The fraction of sp³-hybridized carbons (Fsp3) is 0.214. The number of halogens is 2. The van der Waals surface area contributed by atoms with Crippen LogP contribution in [0.3, 0.4) is 0 Å². The summed E-state index contributed by atoms with van der Waals surface area (Å²) < 4.78 is 26.2. The Labute approximate surface area is 134 Å². The van der Waals surface area contributed by atoms with Crippen molar-refractivity contribution in [3.63, 3.8) is 0 Å². The quantitative estimate of drug-likeness (QED) is 0.797. The molecule has 0 aliphatic heterocycles. The van der Waals surface area contributed by atoms with E-state index in [1.807, 2.05) is 31.2 Å². The number of rotatable bonds is 4. The largest absolute Gasteiger partial charge is 0.244 e. The molecule has 0 aliphatic rings. The Morgan fingerprint density at radius 1 is 1.24 bits per heavy atom. The monoisotopic (exact) mass is 344 g/mol. The molecule has 0 saturated carbocycles. The van der Waals surface area contributed by atoms with Crippen LogP contribution in [-0.4, -0.2) is 24.8 Å². The Kier molecular flexibility index (Phi) is 4.88. The van der Waals surface area contributed by atoms with Gasteiger partial charge in [0.05, 0.1) is 5.02 Å². The van der Waals surface area contributed by atoms with Crippen molar-refractivity contribution in [2.45, 2.75) is 18.4 Å². The number of pyridine rings is 1. The van der Waals surface area contributed by atoms with Crippen LogP contribution >= 0.6 is 23.2 Å². The molecule has 0 unspecified atom stereocenters. The van der Waals surface area contributed by atoms with Gasteiger partial charge in [-0.2, -0.15) is 4.31 Å². The minimum Gasteiger partial charge on any atom is -0.242 e. The fourth-order valence-electron chi connectivity index (χ4n) is 1.88. The van der Waals surface area contributed by atoms with E-state index in [0.717, 1.165) is 11.1 Å². The van der Waals surface area contributed by atoms with E-state index in [-0.39, 0.29) is 21.6 Å². The molecule has 0 radical (unpaired) electrons. The molecule has 0 spiro atoms. The highest BCUT2D eigenvalue weighted by Gasteiger charge is 2.22. The van der Waals surface area contributed by atoms with Crippen molar-refractivity contribution in [2.75, 3.05) is 7.05 Å². The number of hydrogen-bond donors (Lipinski definition) is 0. The van der Waals surface area contributed by atoms with Gasteiger partial charge in [-0.25, -0.2) is 13.4 Å². The van der Waals surface area contributed by atoms with E-state index in [0.29, 0.717) is 0 Å². The third-order valence-electron chi connectivity index (χ3n) is 2.97. The van der Waals surface area contributed by atoms with Gasteiger partial charge >= 0.3 is 0 Å². The molecular weight excluding hydrogens is 331 g/mol. The maximum atomic E-state index is 12.5. The van der Waals surface area contributed by atoms with E-state index in [2.05, 4.69) is 4.98 Å². The van der Waals surface area contributed by atoms with Gasteiger partial charge in [0.2, 0.25) is 10.0 Å². The van der Waals surface area contributed by atoms with Crippen LogP contribution in [0.15, 0.2) is 41.4 Å². The third kappa shape index (κ3) is 3.74. The second-order valence-corrected chi connectivity index (χ2v) is 7.50. The molecule has 7 heteroatoms. The van der Waals surface area contributed by atoms with Crippen LogP contribution in [-0.2, 0) is 16.6 Å². The van der Waals surface area contributed by atoms with Crippen LogP contribution in [0.4, 0.5) is 0 Å². The van der Waals surface area contributed by atoms with Gasteiger partial charge in [-0.1, -0.05) is 53.0 Å². The standard InChI is InChI=1S/C14H14Cl2N2O2S/c1-10-4-3-5-11(6-10)9-18(2)21(19,20)12-7-13(15)14(16)17-8-12/h3-8H,9H2,1-2H3. The van der Waals surface area contributed by atoms with Crippen molar-refractivity contribution in [2.24, 2.45) is 0 Å². The van der Waals surface area contributed by atoms with E-state index in [9.17, 15) is 8.42 Å². The predicted molar refractivity (Wildman–Crippen MR) is 84.1 cm³/mol. The first-order valence-corrected chi connectivity index (χ1v) is 8.33. The van der Waals surface area contributed by atoms with Gasteiger partial charge in [0.15, 0.2) is 0 Å². The minimum atomic E-state index is -3.66. The summed E-state index contributed by atoms with van der Waals surface area (Å²) in [6.07, 6.45) is 1.20. The number of aromatic nitrogens is 1. The van der Waals surface area contributed by atoms with E-state index < -0.39 is 10.0 Å². The SMILES string of the molecule is Cc1cccc(CN(C)S(=O)(=O)c2cnc(Cl)c(Cl)c2)c1. The molecule has 0 fully saturated rings. The molecule has 1 aromatic carbocycles. The lowest BCUT2D eigenvalue weighted by molar-refractivity contribution is 0.466. The molecule has 0 aliphatic carbocycles. The summed E-state index contributed by atoms with van der Waals surface area (Å²) >= 11 is 11.5. The molecular formula is C14H14Cl2N2O2S. The van der Waals surface area contributed by atoms with Crippen molar-refractivity contribution in [3.8, 4) is 0 Å². The molecule has 0 saturated heterocycles. The lowest BCUT2D eigenvalue weighted by Crippen LogP contribution is -2.26. The molecule has 0 amide bonds. The Balaban J connectivity index is 2.28. The number of benzene rings is 1. The molecule has 1 aromatic heterocycles. The zero-order chi connectivity index (χ0) is 15.6. The summed E-state index contributed by atoms with van der Waals surface area (Å²) in [6, 6.07) is 8.98. The Morgan fingerprint density at radius 2 is 1.95 bits per heavy atom. The Morgan fingerprint density at radius 3 is 2.57 bits per heavy atom.